The van der Waals surface area contributed by atoms with Crippen molar-refractivity contribution in [3.05, 3.63) is 25.3 Å². The van der Waals surface area contributed by atoms with E-state index in [2.05, 4.69) is 34.4 Å². The number of aliphatic hydroxyl groups excluding tert-OH is 1. The summed E-state index contributed by atoms with van der Waals surface area (Å²) in [7, 11) is 0. The Kier molecular flexibility index (Phi) is 11.7. The zero-order chi connectivity index (χ0) is 32.2. The van der Waals surface area contributed by atoms with Crippen LogP contribution in [-0.2, 0) is 28.7 Å². The van der Waals surface area contributed by atoms with Crippen LogP contribution in [0.1, 0.15) is 78.6 Å². The van der Waals surface area contributed by atoms with Crippen molar-refractivity contribution in [1.82, 2.24) is 15.1 Å². The molecule has 1 spiro atoms. The molecule has 3 aliphatic heterocycles. The van der Waals surface area contributed by atoms with Crippen molar-refractivity contribution in [1.29, 1.82) is 0 Å². The van der Waals surface area contributed by atoms with E-state index in [9.17, 15) is 24.3 Å². The minimum absolute atomic E-state index is 0.0273. The monoisotopic (exact) mass is 679 g/mol. The summed E-state index contributed by atoms with van der Waals surface area (Å²) in [5, 5.41) is 13.4. The van der Waals surface area contributed by atoms with E-state index in [0.29, 0.717) is 32.2 Å². The van der Waals surface area contributed by atoms with Gasteiger partial charge in [0.2, 0.25) is 17.7 Å². The highest BCUT2D eigenvalue weighted by Gasteiger charge is 2.77. The first-order chi connectivity index (χ1) is 21.1. The van der Waals surface area contributed by atoms with Crippen LogP contribution in [0.3, 0.4) is 0 Å². The largest absolute Gasteiger partial charge is 0.460 e. The number of hydrogen-bond donors (Lipinski definition) is 2. The third-order valence-corrected chi connectivity index (χ3v) is 11.0. The van der Waals surface area contributed by atoms with Gasteiger partial charge < -0.3 is 29.7 Å². The van der Waals surface area contributed by atoms with Crippen LogP contribution in [0.15, 0.2) is 25.3 Å². The highest BCUT2D eigenvalue weighted by atomic mass is 79.9. The van der Waals surface area contributed by atoms with Gasteiger partial charge in [-0.25, -0.2) is 0 Å². The Morgan fingerprint density at radius 1 is 1.23 bits per heavy atom. The number of ether oxygens (including phenoxy) is 2. The molecule has 10 nitrogen and oxygen atoms in total. The number of carbonyl (C=O) groups is 4. The van der Waals surface area contributed by atoms with Crippen molar-refractivity contribution in [3.63, 3.8) is 0 Å². The summed E-state index contributed by atoms with van der Waals surface area (Å²) in [5.74, 6) is -3.26. The van der Waals surface area contributed by atoms with Crippen molar-refractivity contribution < 1.29 is 33.8 Å². The van der Waals surface area contributed by atoms with Crippen LogP contribution < -0.4 is 5.32 Å². The first-order valence-electron chi connectivity index (χ1n) is 16.3. The number of halogens is 1. The number of hydrogen-bond acceptors (Lipinski definition) is 7. The fourth-order valence-corrected chi connectivity index (χ4v) is 8.74. The van der Waals surface area contributed by atoms with Gasteiger partial charge in [-0.1, -0.05) is 67.6 Å². The second-order valence-electron chi connectivity index (χ2n) is 13.0. The molecule has 4 fully saturated rings. The predicted octanol–water partition coefficient (Wildman–Crippen LogP) is 3.50. The summed E-state index contributed by atoms with van der Waals surface area (Å²) in [5.41, 5.74) is -1.24. The van der Waals surface area contributed by atoms with Gasteiger partial charge in [0.05, 0.1) is 37.1 Å². The summed E-state index contributed by atoms with van der Waals surface area (Å²) < 4.78 is 12.5. The Morgan fingerprint density at radius 2 is 1.93 bits per heavy atom. The molecule has 4 aliphatic rings. The summed E-state index contributed by atoms with van der Waals surface area (Å²) in [6.07, 6.45) is 8.97. The van der Waals surface area contributed by atoms with Gasteiger partial charge in [-0.3, -0.25) is 19.2 Å². The molecule has 1 aliphatic carbocycles. The van der Waals surface area contributed by atoms with Crippen LogP contribution in [0, 0.1) is 17.8 Å². The van der Waals surface area contributed by atoms with Crippen molar-refractivity contribution >= 4 is 39.6 Å². The Labute approximate surface area is 270 Å². The molecular weight excluding hydrogens is 630 g/mol. The average Bonchev–Trinajstić information content (AvgIpc) is 3.61. The average molecular weight is 681 g/mol. The van der Waals surface area contributed by atoms with E-state index in [1.54, 1.807) is 24.0 Å². The maximum Gasteiger partial charge on any atom is 0.312 e. The van der Waals surface area contributed by atoms with Crippen LogP contribution >= 0.6 is 15.9 Å². The van der Waals surface area contributed by atoms with Gasteiger partial charge in [-0.15, -0.1) is 13.2 Å². The number of amides is 3. The second kappa shape index (κ2) is 14.9. The highest BCUT2D eigenvalue weighted by Crippen LogP contribution is 2.61. The SMILES string of the molecule is C=CCCC(=O)NC[C@@H](C)OC(=O)[C@@H]1[C@H]2O[C@@]3(CC2Br)[C@H](C(=O)N(CC=C)C2CCCCC2)N([C@@H](CO)[C@@H](C)CC)C(=O)[C@@H]13. The molecule has 11 heteroatoms. The van der Waals surface area contributed by atoms with E-state index < -0.39 is 47.7 Å². The molecule has 0 aromatic heterocycles. The second-order valence-corrected chi connectivity index (χ2v) is 14.2. The molecule has 3 saturated heterocycles. The molecule has 246 valence electrons. The quantitative estimate of drug-likeness (QED) is 0.154. The summed E-state index contributed by atoms with van der Waals surface area (Å²) in [4.78, 5) is 58.3. The van der Waals surface area contributed by atoms with Gasteiger partial charge in [0.15, 0.2) is 0 Å². The van der Waals surface area contributed by atoms with Crippen LogP contribution in [0.5, 0.6) is 0 Å². The van der Waals surface area contributed by atoms with Gasteiger partial charge in [0.1, 0.15) is 17.7 Å². The maximum atomic E-state index is 14.8. The Hall–Kier alpha value is -2.24. The van der Waals surface area contributed by atoms with Crippen LogP contribution in [0.2, 0.25) is 0 Å². The Morgan fingerprint density at radius 3 is 2.55 bits per heavy atom. The molecule has 4 rings (SSSR count). The minimum Gasteiger partial charge on any atom is -0.460 e. The van der Waals surface area contributed by atoms with Gasteiger partial charge >= 0.3 is 5.97 Å². The molecular formula is C33H50BrN3O7. The van der Waals surface area contributed by atoms with E-state index in [4.69, 9.17) is 9.47 Å². The summed E-state index contributed by atoms with van der Waals surface area (Å²) in [6, 6.07) is -1.58. The maximum absolute atomic E-state index is 14.8. The van der Waals surface area contributed by atoms with E-state index in [1.165, 1.54) is 0 Å². The number of likely N-dealkylation sites (tertiary alicyclic amines) is 1. The third-order valence-electron chi connectivity index (χ3n) is 10.2. The lowest BCUT2D eigenvalue weighted by molar-refractivity contribution is -0.160. The zero-order valence-electron chi connectivity index (χ0n) is 26.4. The van der Waals surface area contributed by atoms with Crippen molar-refractivity contribution in [2.45, 2.75) is 119 Å². The van der Waals surface area contributed by atoms with Crippen LogP contribution in [-0.4, -0.2) is 99.1 Å². The van der Waals surface area contributed by atoms with Gasteiger partial charge in [0.25, 0.3) is 0 Å². The molecule has 3 heterocycles. The van der Waals surface area contributed by atoms with E-state index >= 15 is 0 Å². The van der Waals surface area contributed by atoms with Crippen molar-refractivity contribution in [3.8, 4) is 0 Å². The Balaban J connectivity index is 1.67. The number of aliphatic hydroxyl groups is 1. The number of carbonyl (C=O) groups excluding carboxylic acids is 4. The van der Waals surface area contributed by atoms with Crippen LogP contribution in [0.25, 0.3) is 0 Å². The molecule has 2 bridgehead atoms. The lowest BCUT2D eigenvalue weighted by Crippen LogP contribution is -2.61. The van der Waals surface area contributed by atoms with E-state index in [1.807, 2.05) is 18.7 Å². The number of esters is 1. The highest BCUT2D eigenvalue weighted by molar-refractivity contribution is 9.09. The topological polar surface area (TPSA) is 125 Å². The first kappa shape index (κ1) is 34.6. The number of nitrogens with zero attached hydrogens (tertiary/aromatic N) is 2. The summed E-state index contributed by atoms with van der Waals surface area (Å²) >= 11 is 3.71. The Bertz CT molecular complexity index is 1100. The lowest BCUT2D eigenvalue weighted by Gasteiger charge is -2.43. The molecule has 44 heavy (non-hydrogen) atoms. The number of fused-ring (bicyclic) bond motifs is 1. The molecule has 1 saturated carbocycles. The zero-order valence-corrected chi connectivity index (χ0v) is 28.0. The number of nitrogens with one attached hydrogen (secondary N) is 1. The number of allylic oxidation sites excluding steroid dienone is 1. The first-order valence-corrected chi connectivity index (χ1v) is 17.2. The van der Waals surface area contributed by atoms with Crippen molar-refractivity contribution in [2.75, 3.05) is 19.7 Å². The molecule has 1 unspecified atom stereocenters. The molecule has 0 radical (unpaired) electrons. The molecule has 9 atom stereocenters. The fourth-order valence-electron chi connectivity index (χ4n) is 7.79. The minimum atomic E-state index is -1.24. The van der Waals surface area contributed by atoms with Crippen molar-refractivity contribution in [2.24, 2.45) is 17.8 Å². The number of alkyl halides is 1. The third kappa shape index (κ3) is 6.51. The number of rotatable bonds is 15. The molecule has 0 aromatic rings. The lowest BCUT2D eigenvalue weighted by atomic mass is 9.70. The van der Waals surface area contributed by atoms with Crippen LogP contribution in [0.4, 0.5) is 0 Å². The predicted molar refractivity (Wildman–Crippen MR) is 170 cm³/mol. The van der Waals surface area contributed by atoms with Gasteiger partial charge in [0, 0.05) is 23.8 Å². The van der Waals surface area contributed by atoms with Gasteiger partial charge in [-0.05, 0) is 38.5 Å². The normalized spacial score (nSPS) is 31.6. The molecule has 2 N–H and O–H groups in total. The van der Waals surface area contributed by atoms with Gasteiger partial charge in [-0.2, -0.15) is 0 Å². The summed E-state index contributed by atoms with van der Waals surface area (Å²) in [6.45, 7) is 13.4. The molecule has 0 aromatic carbocycles. The standard InChI is InChI=1S/C33H50BrN3O7/c1-6-9-15-25(39)35-18-21(5)43-32(42)26-27-30(40)37(24(19-38)20(4)8-3)29(33(27)17-23(34)28(26)44-33)31(41)36(16-7-2)22-13-11-10-12-14-22/h6-7,20-24,26-29,38H,1-2,8-19H2,3-5H3,(H,35,39)/t20-,21+,23?,24-,26-,27+,28-,29-,33+/m0/s1. The smallest absolute Gasteiger partial charge is 0.312 e. The van der Waals surface area contributed by atoms with E-state index in [0.717, 1.165) is 32.1 Å². The molecule has 3 amide bonds. The fraction of sp³-hybridized carbons (Fsp3) is 0.758. The van der Waals surface area contributed by atoms with E-state index in [-0.39, 0.29) is 47.7 Å².